The van der Waals surface area contributed by atoms with Crippen LogP contribution in [-0.2, 0) is 0 Å². The number of thiophene rings is 1. The number of hydrogen-bond acceptors (Lipinski definition) is 3. The second-order valence-corrected chi connectivity index (χ2v) is 7.07. The molecule has 1 aliphatic rings. The first-order chi connectivity index (χ1) is 9.88. The summed E-state index contributed by atoms with van der Waals surface area (Å²) in [5.41, 5.74) is 1.19. The highest BCUT2D eigenvalue weighted by Crippen LogP contribution is 2.48. The Hall–Kier alpha value is -1.56. The van der Waals surface area contributed by atoms with Crippen LogP contribution in [0.2, 0.25) is 0 Å². The standard InChI is InChI=1S/C15H22N2O3S/c1-4-5-15(6-7-15)8-16-14(20)17-12-11(13(18)19)9(2)10(3)21-12/h4-8H2,1-3H3,(H,18,19)(H2,16,17,20). The molecule has 0 atom stereocenters. The Bertz CT molecular complexity index is 562. The van der Waals surface area contributed by atoms with Gasteiger partial charge < -0.3 is 10.4 Å². The molecule has 0 unspecified atom stereocenters. The molecule has 116 valence electrons. The summed E-state index contributed by atoms with van der Waals surface area (Å²) in [6.45, 7) is 6.43. The largest absolute Gasteiger partial charge is 0.478 e. The highest BCUT2D eigenvalue weighted by molar-refractivity contribution is 7.16. The molecule has 1 aliphatic carbocycles. The van der Waals surface area contributed by atoms with Crippen molar-refractivity contribution in [1.82, 2.24) is 5.32 Å². The first-order valence-corrected chi connectivity index (χ1v) is 8.08. The Labute approximate surface area is 128 Å². The third-order valence-electron chi connectivity index (χ3n) is 4.19. The Morgan fingerprint density at radius 1 is 1.33 bits per heavy atom. The van der Waals surface area contributed by atoms with Crippen LogP contribution >= 0.6 is 11.3 Å². The molecule has 6 heteroatoms. The Morgan fingerprint density at radius 3 is 2.52 bits per heavy atom. The molecule has 5 nitrogen and oxygen atoms in total. The van der Waals surface area contributed by atoms with E-state index in [0.29, 0.717) is 17.1 Å². The number of urea groups is 1. The van der Waals surface area contributed by atoms with Gasteiger partial charge in [-0.05, 0) is 44.1 Å². The first kappa shape index (κ1) is 15.8. The minimum absolute atomic E-state index is 0.197. The minimum Gasteiger partial charge on any atom is -0.478 e. The van der Waals surface area contributed by atoms with Gasteiger partial charge in [-0.25, -0.2) is 9.59 Å². The van der Waals surface area contributed by atoms with E-state index >= 15 is 0 Å². The fourth-order valence-corrected chi connectivity index (χ4v) is 3.66. The van der Waals surface area contributed by atoms with Crippen LogP contribution in [0, 0.1) is 19.3 Å². The SMILES string of the molecule is CCCC1(CNC(=O)Nc2sc(C)c(C)c2C(=O)O)CC1. The molecule has 21 heavy (non-hydrogen) atoms. The quantitative estimate of drug-likeness (QED) is 0.748. The number of hydrogen-bond donors (Lipinski definition) is 3. The monoisotopic (exact) mass is 310 g/mol. The van der Waals surface area contributed by atoms with Gasteiger partial charge >= 0.3 is 12.0 Å². The van der Waals surface area contributed by atoms with Gasteiger partial charge in [0.15, 0.2) is 0 Å². The first-order valence-electron chi connectivity index (χ1n) is 7.26. The van der Waals surface area contributed by atoms with Crippen molar-refractivity contribution in [1.29, 1.82) is 0 Å². The number of carboxylic acid groups (broad SMARTS) is 1. The van der Waals surface area contributed by atoms with Gasteiger partial charge in [-0.15, -0.1) is 11.3 Å². The second kappa shape index (κ2) is 6.05. The van der Waals surface area contributed by atoms with Crippen LogP contribution in [0.15, 0.2) is 0 Å². The van der Waals surface area contributed by atoms with Crippen molar-refractivity contribution < 1.29 is 14.7 Å². The molecule has 0 radical (unpaired) electrons. The van der Waals surface area contributed by atoms with Crippen molar-refractivity contribution in [3.8, 4) is 0 Å². The van der Waals surface area contributed by atoms with Crippen molar-refractivity contribution in [2.75, 3.05) is 11.9 Å². The van der Waals surface area contributed by atoms with E-state index in [-0.39, 0.29) is 17.0 Å². The fraction of sp³-hybridized carbons (Fsp3) is 0.600. The zero-order chi connectivity index (χ0) is 15.6. The summed E-state index contributed by atoms with van der Waals surface area (Å²) in [6, 6.07) is -0.318. The molecule has 0 aliphatic heterocycles. The molecule has 0 spiro atoms. The summed E-state index contributed by atoms with van der Waals surface area (Å²) < 4.78 is 0. The number of amides is 2. The topological polar surface area (TPSA) is 78.4 Å². The van der Waals surface area contributed by atoms with Gasteiger partial charge in [0.1, 0.15) is 5.00 Å². The minimum atomic E-state index is -1.00. The van der Waals surface area contributed by atoms with E-state index in [1.807, 2.05) is 6.92 Å². The van der Waals surface area contributed by atoms with Gasteiger partial charge in [0, 0.05) is 11.4 Å². The highest BCUT2D eigenvalue weighted by Gasteiger charge is 2.41. The van der Waals surface area contributed by atoms with E-state index in [9.17, 15) is 14.7 Å². The van der Waals surface area contributed by atoms with Crippen LogP contribution in [-0.4, -0.2) is 23.7 Å². The molecule has 0 aromatic carbocycles. The Balaban J connectivity index is 1.97. The third-order valence-corrected chi connectivity index (χ3v) is 5.31. The maximum atomic E-state index is 12.0. The van der Waals surface area contributed by atoms with Crippen LogP contribution in [0.25, 0.3) is 0 Å². The van der Waals surface area contributed by atoms with Crippen LogP contribution in [0.3, 0.4) is 0 Å². The van der Waals surface area contributed by atoms with E-state index in [4.69, 9.17) is 0 Å². The Morgan fingerprint density at radius 2 is 2.00 bits per heavy atom. The van der Waals surface area contributed by atoms with Gasteiger partial charge in [-0.1, -0.05) is 13.3 Å². The lowest BCUT2D eigenvalue weighted by atomic mass is 10.0. The number of carbonyl (C=O) groups excluding carboxylic acids is 1. The summed E-state index contributed by atoms with van der Waals surface area (Å²) in [7, 11) is 0. The maximum absolute atomic E-state index is 12.0. The van der Waals surface area contributed by atoms with Gasteiger partial charge in [0.25, 0.3) is 0 Å². The molecule has 1 saturated carbocycles. The molecule has 2 amide bonds. The van der Waals surface area contributed by atoms with E-state index in [2.05, 4.69) is 17.6 Å². The van der Waals surface area contributed by atoms with Gasteiger partial charge in [-0.3, -0.25) is 5.32 Å². The van der Waals surface area contributed by atoms with Crippen molar-refractivity contribution >= 4 is 28.3 Å². The zero-order valence-corrected chi connectivity index (χ0v) is 13.5. The van der Waals surface area contributed by atoms with Crippen LogP contribution < -0.4 is 10.6 Å². The molecule has 1 aromatic rings. The van der Waals surface area contributed by atoms with Crippen molar-refractivity contribution in [3.05, 3.63) is 16.0 Å². The maximum Gasteiger partial charge on any atom is 0.338 e. The van der Waals surface area contributed by atoms with Crippen LogP contribution in [0.4, 0.5) is 9.80 Å². The van der Waals surface area contributed by atoms with Crippen molar-refractivity contribution in [3.63, 3.8) is 0 Å². The number of carbonyl (C=O) groups is 2. The molecule has 1 fully saturated rings. The molecule has 2 rings (SSSR count). The van der Waals surface area contributed by atoms with Crippen LogP contribution in [0.1, 0.15) is 53.4 Å². The molecule has 1 aromatic heterocycles. The summed E-state index contributed by atoms with van der Waals surface area (Å²) in [5.74, 6) is -1.00. The van der Waals surface area contributed by atoms with E-state index in [0.717, 1.165) is 17.7 Å². The average molecular weight is 310 g/mol. The van der Waals surface area contributed by atoms with Gasteiger partial charge in [-0.2, -0.15) is 0 Å². The molecule has 1 heterocycles. The predicted octanol–water partition coefficient (Wildman–Crippen LogP) is 3.76. The predicted molar refractivity (Wildman–Crippen MR) is 84.3 cm³/mol. The van der Waals surface area contributed by atoms with E-state index in [1.54, 1.807) is 6.92 Å². The lowest BCUT2D eigenvalue weighted by Gasteiger charge is -2.15. The number of nitrogens with one attached hydrogen (secondary N) is 2. The van der Waals surface area contributed by atoms with Gasteiger partial charge in [0.05, 0.1) is 5.56 Å². The number of anilines is 1. The van der Waals surface area contributed by atoms with E-state index in [1.165, 1.54) is 24.2 Å². The highest BCUT2D eigenvalue weighted by atomic mass is 32.1. The second-order valence-electron chi connectivity index (χ2n) is 5.85. The number of rotatable bonds is 6. The normalized spacial score (nSPS) is 15.6. The molecular weight excluding hydrogens is 288 g/mol. The molecular formula is C15H22N2O3S. The summed E-state index contributed by atoms with van der Waals surface area (Å²) in [5, 5.41) is 15.2. The zero-order valence-electron chi connectivity index (χ0n) is 12.7. The lowest BCUT2D eigenvalue weighted by molar-refractivity contribution is 0.0697. The summed E-state index contributed by atoms with van der Waals surface area (Å²) in [6.07, 6.45) is 4.58. The molecule has 3 N–H and O–H groups in total. The van der Waals surface area contributed by atoms with Crippen molar-refractivity contribution in [2.45, 2.75) is 46.5 Å². The summed E-state index contributed by atoms with van der Waals surface area (Å²) >= 11 is 1.30. The van der Waals surface area contributed by atoms with Gasteiger partial charge in [0.2, 0.25) is 0 Å². The number of carboxylic acids is 1. The summed E-state index contributed by atoms with van der Waals surface area (Å²) in [4.78, 5) is 24.2. The average Bonchev–Trinajstić information content (AvgIpc) is 3.10. The van der Waals surface area contributed by atoms with Crippen LogP contribution in [0.5, 0.6) is 0 Å². The number of aryl methyl sites for hydroxylation is 1. The smallest absolute Gasteiger partial charge is 0.338 e. The lowest BCUT2D eigenvalue weighted by Crippen LogP contribution is -2.34. The Kier molecular flexibility index (Phi) is 4.56. The molecule has 0 saturated heterocycles. The third kappa shape index (κ3) is 3.56. The molecule has 0 bridgehead atoms. The number of aromatic carboxylic acids is 1. The van der Waals surface area contributed by atoms with E-state index < -0.39 is 5.97 Å². The van der Waals surface area contributed by atoms with Crippen molar-refractivity contribution in [2.24, 2.45) is 5.41 Å². The fourth-order valence-electron chi connectivity index (χ4n) is 2.61.